The van der Waals surface area contributed by atoms with Crippen molar-refractivity contribution >= 4 is 23.2 Å². The molecule has 5 nitrogen and oxygen atoms in total. The molecular weight excluding hydrogens is 304 g/mol. The van der Waals surface area contributed by atoms with Crippen LogP contribution in [0, 0.1) is 0 Å². The smallest absolute Gasteiger partial charge is 0.259 e. The maximum atomic E-state index is 12.6. The summed E-state index contributed by atoms with van der Waals surface area (Å²) in [7, 11) is 0. The summed E-state index contributed by atoms with van der Waals surface area (Å²) in [6, 6.07) is 14.2. The molecule has 0 aliphatic carbocycles. The maximum Gasteiger partial charge on any atom is 0.259 e. The lowest BCUT2D eigenvalue weighted by Gasteiger charge is -2.14. The minimum absolute atomic E-state index is 0.0751. The number of carbonyl (C=O) groups is 2. The summed E-state index contributed by atoms with van der Waals surface area (Å²) in [5.74, 6) is 0.176. The van der Waals surface area contributed by atoms with Crippen molar-refractivity contribution in [2.45, 2.75) is 26.7 Å². The maximum absolute atomic E-state index is 12.6. The van der Waals surface area contributed by atoms with Crippen molar-refractivity contribution < 1.29 is 14.3 Å². The van der Waals surface area contributed by atoms with Crippen LogP contribution in [0.3, 0.4) is 0 Å². The summed E-state index contributed by atoms with van der Waals surface area (Å²) < 4.78 is 5.49. The van der Waals surface area contributed by atoms with E-state index in [1.54, 1.807) is 36.4 Å². The molecule has 0 heterocycles. The number of amides is 2. The molecule has 0 saturated heterocycles. The first kappa shape index (κ1) is 17.5. The minimum atomic E-state index is -0.281. The van der Waals surface area contributed by atoms with Crippen LogP contribution in [0.15, 0.2) is 48.5 Å². The number of nitrogens with one attached hydrogen (secondary N) is 2. The lowest BCUT2D eigenvalue weighted by molar-refractivity contribution is -0.116. The highest BCUT2D eigenvalue weighted by Gasteiger charge is 2.14. The van der Waals surface area contributed by atoms with E-state index in [4.69, 9.17) is 4.74 Å². The Kier molecular flexibility index (Phi) is 6.37. The van der Waals surface area contributed by atoms with Crippen LogP contribution in [-0.4, -0.2) is 18.4 Å². The monoisotopic (exact) mass is 326 g/mol. The third kappa shape index (κ3) is 4.59. The summed E-state index contributed by atoms with van der Waals surface area (Å²) in [6.45, 7) is 4.29. The standard InChI is InChI=1S/C19H22N2O3/c1-3-9-18(22)20-15-11-6-7-12-16(15)21-19(23)14-10-5-8-13-17(14)24-4-2/h5-8,10-13H,3-4,9H2,1-2H3,(H,20,22)(H,21,23). The van der Waals surface area contributed by atoms with E-state index in [2.05, 4.69) is 10.6 Å². The summed E-state index contributed by atoms with van der Waals surface area (Å²) >= 11 is 0. The summed E-state index contributed by atoms with van der Waals surface area (Å²) in [5.41, 5.74) is 1.59. The quantitative estimate of drug-likeness (QED) is 0.806. The predicted octanol–water partition coefficient (Wildman–Crippen LogP) is 4.08. The Morgan fingerprint density at radius 2 is 1.54 bits per heavy atom. The van der Waals surface area contributed by atoms with E-state index >= 15 is 0 Å². The molecule has 0 bridgehead atoms. The lowest BCUT2D eigenvalue weighted by Crippen LogP contribution is -2.17. The molecule has 126 valence electrons. The van der Waals surface area contributed by atoms with Gasteiger partial charge in [-0.3, -0.25) is 9.59 Å². The second-order valence-electron chi connectivity index (χ2n) is 5.23. The van der Waals surface area contributed by atoms with Crippen molar-refractivity contribution in [3.8, 4) is 5.75 Å². The Morgan fingerprint density at radius 1 is 0.917 bits per heavy atom. The van der Waals surface area contributed by atoms with Gasteiger partial charge in [0.1, 0.15) is 5.75 Å². The number of benzene rings is 2. The fraction of sp³-hybridized carbons (Fsp3) is 0.263. The van der Waals surface area contributed by atoms with E-state index in [-0.39, 0.29) is 11.8 Å². The van der Waals surface area contributed by atoms with Gasteiger partial charge in [0.25, 0.3) is 5.91 Å². The third-order valence-corrected chi connectivity index (χ3v) is 3.36. The van der Waals surface area contributed by atoms with Gasteiger partial charge >= 0.3 is 0 Å². The Labute approximate surface area is 142 Å². The Balaban J connectivity index is 2.19. The first-order chi connectivity index (χ1) is 11.7. The highest BCUT2D eigenvalue weighted by molar-refractivity contribution is 6.08. The number of hydrogen-bond donors (Lipinski definition) is 2. The Hall–Kier alpha value is -2.82. The fourth-order valence-electron chi connectivity index (χ4n) is 2.27. The summed E-state index contributed by atoms with van der Waals surface area (Å²) in [5, 5.41) is 5.66. The summed E-state index contributed by atoms with van der Waals surface area (Å²) in [4.78, 5) is 24.4. The van der Waals surface area contributed by atoms with Crippen molar-refractivity contribution in [2.75, 3.05) is 17.2 Å². The zero-order valence-corrected chi connectivity index (χ0v) is 14.0. The molecule has 0 unspecified atom stereocenters. The largest absolute Gasteiger partial charge is 0.493 e. The number of rotatable bonds is 7. The first-order valence-corrected chi connectivity index (χ1v) is 8.07. The van der Waals surface area contributed by atoms with Crippen LogP contribution in [0.5, 0.6) is 5.75 Å². The molecular formula is C19H22N2O3. The van der Waals surface area contributed by atoms with Crippen molar-refractivity contribution in [1.82, 2.24) is 0 Å². The predicted molar refractivity (Wildman–Crippen MR) is 95.5 cm³/mol. The van der Waals surface area contributed by atoms with E-state index in [1.165, 1.54) is 0 Å². The highest BCUT2D eigenvalue weighted by atomic mass is 16.5. The van der Waals surface area contributed by atoms with Crippen LogP contribution >= 0.6 is 0 Å². The number of carbonyl (C=O) groups excluding carboxylic acids is 2. The topological polar surface area (TPSA) is 67.4 Å². The van der Waals surface area contributed by atoms with Gasteiger partial charge in [-0.1, -0.05) is 31.2 Å². The molecule has 0 saturated carbocycles. The number of para-hydroxylation sites is 3. The average molecular weight is 326 g/mol. The molecule has 2 aromatic rings. The van der Waals surface area contributed by atoms with Crippen LogP contribution in [0.25, 0.3) is 0 Å². The molecule has 0 aliphatic heterocycles. The molecule has 2 rings (SSSR count). The molecule has 5 heteroatoms. The van der Waals surface area contributed by atoms with Crippen molar-refractivity contribution in [3.05, 3.63) is 54.1 Å². The van der Waals surface area contributed by atoms with Crippen molar-refractivity contribution in [2.24, 2.45) is 0 Å². The van der Waals surface area contributed by atoms with Crippen LogP contribution in [-0.2, 0) is 4.79 Å². The zero-order valence-electron chi connectivity index (χ0n) is 14.0. The van der Waals surface area contributed by atoms with Crippen LogP contribution in [0.1, 0.15) is 37.0 Å². The number of hydrogen-bond acceptors (Lipinski definition) is 3. The van der Waals surface area contributed by atoms with E-state index in [1.807, 2.05) is 26.0 Å². The molecule has 2 N–H and O–H groups in total. The van der Waals surface area contributed by atoms with Gasteiger partial charge < -0.3 is 15.4 Å². The normalized spacial score (nSPS) is 10.1. The van der Waals surface area contributed by atoms with Gasteiger partial charge in [0.15, 0.2) is 0 Å². The molecule has 0 atom stereocenters. The van der Waals surface area contributed by atoms with Gasteiger partial charge in [0.2, 0.25) is 5.91 Å². The van der Waals surface area contributed by atoms with Gasteiger partial charge in [0.05, 0.1) is 23.5 Å². The van der Waals surface area contributed by atoms with Crippen molar-refractivity contribution in [3.63, 3.8) is 0 Å². The molecule has 24 heavy (non-hydrogen) atoms. The minimum Gasteiger partial charge on any atom is -0.493 e. The van der Waals surface area contributed by atoms with E-state index in [0.717, 1.165) is 6.42 Å². The van der Waals surface area contributed by atoms with Gasteiger partial charge in [0, 0.05) is 6.42 Å². The molecule has 0 aromatic heterocycles. The third-order valence-electron chi connectivity index (χ3n) is 3.36. The summed E-state index contributed by atoms with van der Waals surface area (Å²) in [6.07, 6.45) is 1.21. The second kappa shape index (κ2) is 8.72. The number of anilines is 2. The molecule has 0 radical (unpaired) electrons. The van der Waals surface area contributed by atoms with Gasteiger partial charge in [-0.2, -0.15) is 0 Å². The highest BCUT2D eigenvalue weighted by Crippen LogP contribution is 2.24. The molecule has 2 aromatic carbocycles. The van der Waals surface area contributed by atoms with E-state index < -0.39 is 0 Å². The van der Waals surface area contributed by atoms with E-state index in [0.29, 0.717) is 35.7 Å². The lowest BCUT2D eigenvalue weighted by atomic mass is 10.1. The Bertz CT molecular complexity index is 713. The molecule has 2 amide bonds. The van der Waals surface area contributed by atoms with Gasteiger partial charge in [-0.15, -0.1) is 0 Å². The van der Waals surface area contributed by atoms with Crippen LogP contribution < -0.4 is 15.4 Å². The van der Waals surface area contributed by atoms with E-state index in [9.17, 15) is 9.59 Å². The first-order valence-electron chi connectivity index (χ1n) is 8.07. The van der Waals surface area contributed by atoms with Gasteiger partial charge in [-0.25, -0.2) is 0 Å². The van der Waals surface area contributed by atoms with Crippen molar-refractivity contribution in [1.29, 1.82) is 0 Å². The molecule has 0 aliphatic rings. The van der Waals surface area contributed by atoms with Crippen LogP contribution in [0.2, 0.25) is 0 Å². The average Bonchev–Trinajstić information content (AvgIpc) is 2.57. The number of ether oxygens (including phenoxy) is 1. The molecule has 0 spiro atoms. The SMILES string of the molecule is CCCC(=O)Nc1ccccc1NC(=O)c1ccccc1OCC. The van der Waals surface area contributed by atoms with Crippen LogP contribution in [0.4, 0.5) is 11.4 Å². The second-order valence-corrected chi connectivity index (χ2v) is 5.23. The fourth-order valence-corrected chi connectivity index (χ4v) is 2.27. The Morgan fingerprint density at radius 3 is 2.21 bits per heavy atom. The van der Waals surface area contributed by atoms with Gasteiger partial charge in [-0.05, 0) is 37.6 Å². The zero-order chi connectivity index (χ0) is 17.4. The molecule has 0 fully saturated rings.